The standard InChI is InChI=1S/C18H19BrFNO4/c1-11(18(22)23)21-9-13-7-15(19)17(16(8-13)24-2)25-10-12-3-5-14(20)6-4-12/h3-8,11,21H,9-10H2,1-2H3,(H,22,23). The third-order valence-electron chi connectivity index (χ3n) is 3.57. The Morgan fingerprint density at radius 2 is 1.96 bits per heavy atom. The Hall–Kier alpha value is -2.12. The fourth-order valence-electron chi connectivity index (χ4n) is 2.11. The third kappa shape index (κ3) is 5.44. The number of benzene rings is 2. The second-order valence-corrected chi connectivity index (χ2v) is 6.32. The summed E-state index contributed by atoms with van der Waals surface area (Å²) in [4.78, 5) is 10.9. The van der Waals surface area contributed by atoms with Gasteiger partial charge in [-0.1, -0.05) is 12.1 Å². The first-order valence-electron chi connectivity index (χ1n) is 7.60. The summed E-state index contributed by atoms with van der Waals surface area (Å²) in [6.07, 6.45) is 0. The predicted molar refractivity (Wildman–Crippen MR) is 95.4 cm³/mol. The van der Waals surface area contributed by atoms with Gasteiger partial charge in [-0.25, -0.2) is 4.39 Å². The van der Waals surface area contributed by atoms with E-state index in [0.29, 0.717) is 22.5 Å². The molecule has 7 heteroatoms. The van der Waals surface area contributed by atoms with Gasteiger partial charge in [0.25, 0.3) is 0 Å². The maximum absolute atomic E-state index is 12.9. The molecule has 2 aromatic carbocycles. The molecule has 1 unspecified atom stereocenters. The number of carboxylic acid groups (broad SMARTS) is 1. The highest BCUT2D eigenvalue weighted by molar-refractivity contribution is 9.10. The summed E-state index contributed by atoms with van der Waals surface area (Å²) in [6, 6.07) is 9.03. The van der Waals surface area contributed by atoms with Gasteiger partial charge < -0.3 is 19.9 Å². The van der Waals surface area contributed by atoms with Crippen molar-refractivity contribution in [2.75, 3.05) is 7.11 Å². The molecule has 134 valence electrons. The minimum Gasteiger partial charge on any atom is -0.493 e. The fourth-order valence-corrected chi connectivity index (χ4v) is 2.71. The van der Waals surface area contributed by atoms with E-state index < -0.39 is 12.0 Å². The SMILES string of the molecule is COc1cc(CNC(C)C(=O)O)cc(Br)c1OCc1ccc(F)cc1. The molecule has 0 radical (unpaired) electrons. The molecule has 0 aliphatic rings. The molecule has 1 atom stereocenters. The molecule has 0 aliphatic heterocycles. The molecule has 2 rings (SSSR count). The molecule has 0 heterocycles. The number of aliphatic carboxylic acids is 1. The Kier molecular flexibility index (Phi) is 6.78. The van der Waals surface area contributed by atoms with Crippen molar-refractivity contribution in [3.63, 3.8) is 0 Å². The maximum Gasteiger partial charge on any atom is 0.320 e. The van der Waals surface area contributed by atoms with Gasteiger partial charge in [0.1, 0.15) is 18.5 Å². The molecule has 0 amide bonds. The van der Waals surface area contributed by atoms with Gasteiger partial charge in [-0.05, 0) is 58.2 Å². The number of hydrogen-bond acceptors (Lipinski definition) is 4. The van der Waals surface area contributed by atoms with Crippen molar-refractivity contribution in [3.8, 4) is 11.5 Å². The van der Waals surface area contributed by atoms with Gasteiger partial charge in [-0.3, -0.25) is 4.79 Å². The van der Waals surface area contributed by atoms with Crippen LogP contribution < -0.4 is 14.8 Å². The molecular formula is C18H19BrFNO4. The Morgan fingerprint density at radius 3 is 2.56 bits per heavy atom. The van der Waals surface area contributed by atoms with Crippen LogP contribution in [0.3, 0.4) is 0 Å². The van der Waals surface area contributed by atoms with Gasteiger partial charge in [-0.2, -0.15) is 0 Å². The molecule has 25 heavy (non-hydrogen) atoms. The van der Waals surface area contributed by atoms with Crippen LogP contribution in [0.15, 0.2) is 40.9 Å². The van der Waals surface area contributed by atoms with Crippen LogP contribution >= 0.6 is 15.9 Å². The monoisotopic (exact) mass is 411 g/mol. The third-order valence-corrected chi connectivity index (χ3v) is 4.16. The lowest BCUT2D eigenvalue weighted by Gasteiger charge is -2.15. The van der Waals surface area contributed by atoms with Crippen LogP contribution in [0.25, 0.3) is 0 Å². The molecule has 0 spiro atoms. The van der Waals surface area contributed by atoms with E-state index in [4.69, 9.17) is 14.6 Å². The average molecular weight is 412 g/mol. The van der Waals surface area contributed by atoms with Gasteiger partial charge in [0, 0.05) is 6.54 Å². The van der Waals surface area contributed by atoms with E-state index in [-0.39, 0.29) is 12.4 Å². The van der Waals surface area contributed by atoms with Gasteiger partial charge in [0.15, 0.2) is 11.5 Å². The zero-order chi connectivity index (χ0) is 18.4. The molecule has 2 aromatic rings. The number of carboxylic acids is 1. The van der Waals surface area contributed by atoms with E-state index in [1.165, 1.54) is 19.2 Å². The van der Waals surface area contributed by atoms with Gasteiger partial charge in [0.2, 0.25) is 0 Å². The Labute approximate surface area is 153 Å². The fraction of sp³-hybridized carbons (Fsp3) is 0.278. The van der Waals surface area contributed by atoms with Crippen molar-refractivity contribution >= 4 is 21.9 Å². The molecule has 0 saturated carbocycles. The lowest BCUT2D eigenvalue weighted by atomic mass is 10.2. The zero-order valence-corrected chi connectivity index (χ0v) is 15.5. The number of ether oxygens (including phenoxy) is 2. The quantitative estimate of drug-likeness (QED) is 0.692. The number of rotatable bonds is 8. The summed E-state index contributed by atoms with van der Waals surface area (Å²) in [7, 11) is 1.53. The van der Waals surface area contributed by atoms with Crippen LogP contribution in [0.1, 0.15) is 18.1 Å². The number of hydrogen-bond donors (Lipinski definition) is 2. The topological polar surface area (TPSA) is 67.8 Å². The van der Waals surface area contributed by atoms with E-state index in [1.54, 1.807) is 25.1 Å². The van der Waals surface area contributed by atoms with Crippen molar-refractivity contribution in [3.05, 3.63) is 57.8 Å². The first kappa shape index (κ1) is 19.2. The number of methoxy groups -OCH3 is 1. The van der Waals surface area contributed by atoms with Crippen LogP contribution in [0.5, 0.6) is 11.5 Å². The number of nitrogens with one attached hydrogen (secondary N) is 1. The molecule has 2 N–H and O–H groups in total. The molecule has 5 nitrogen and oxygen atoms in total. The first-order chi connectivity index (χ1) is 11.9. The highest BCUT2D eigenvalue weighted by Gasteiger charge is 2.14. The zero-order valence-electron chi connectivity index (χ0n) is 13.9. The van der Waals surface area contributed by atoms with E-state index in [0.717, 1.165) is 11.1 Å². The summed E-state index contributed by atoms with van der Waals surface area (Å²) in [5, 5.41) is 11.8. The van der Waals surface area contributed by atoms with Crippen LogP contribution in [-0.2, 0) is 17.9 Å². The normalized spacial score (nSPS) is 11.8. The number of halogens is 2. The second kappa shape index (κ2) is 8.82. The summed E-state index contributed by atoms with van der Waals surface area (Å²) >= 11 is 3.45. The molecule has 0 fully saturated rings. The van der Waals surface area contributed by atoms with E-state index in [1.807, 2.05) is 6.07 Å². The second-order valence-electron chi connectivity index (χ2n) is 5.46. The minimum atomic E-state index is -0.912. The molecular weight excluding hydrogens is 393 g/mol. The van der Waals surface area contributed by atoms with Crippen LogP contribution in [-0.4, -0.2) is 24.2 Å². The lowest BCUT2D eigenvalue weighted by Crippen LogP contribution is -2.33. The summed E-state index contributed by atoms with van der Waals surface area (Å²) in [5.74, 6) is -0.154. The minimum absolute atomic E-state index is 0.267. The van der Waals surface area contributed by atoms with Crippen molar-refractivity contribution in [2.24, 2.45) is 0 Å². The van der Waals surface area contributed by atoms with E-state index in [2.05, 4.69) is 21.2 Å². The number of carbonyl (C=O) groups is 1. The summed E-state index contributed by atoms with van der Waals surface area (Å²) < 4.78 is 24.8. The van der Waals surface area contributed by atoms with Crippen molar-refractivity contribution < 1.29 is 23.8 Å². The van der Waals surface area contributed by atoms with Gasteiger partial charge >= 0.3 is 5.97 Å². The van der Waals surface area contributed by atoms with Gasteiger partial charge in [-0.15, -0.1) is 0 Å². The average Bonchev–Trinajstić information content (AvgIpc) is 2.59. The van der Waals surface area contributed by atoms with Crippen molar-refractivity contribution in [2.45, 2.75) is 26.1 Å². The molecule has 0 aliphatic carbocycles. The van der Waals surface area contributed by atoms with Crippen molar-refractivity contribution in [1.29, 1.82) is 0 Å². The van der Waals surface area contributed by atoms with E-state index >= 15 is 0 Å². The maximum atomic E-state index is 12.9. The van der Waals surface area contributed by atoms with Crippen LogP contribution in [0, 0.1) is 5.82 Å². The Morgan fingerprint density at radius 1 is 1.28 bits per heavy atom. The smallest absolute Gasteiger partial charge is 0.320 e. The largest absolute Gasteiger partial charge is 0.493 e. The van der Waals surface area contributed by atoms with Crippen LogP contribution in [0.2, 0.25) is 0 Å². The highest BCUT2D eigenvalue weighted by Crippen LogP contribution is 2.37. The summed E-state index contributed by atoms with van der Waals surface area (Å²) in [5.41, 5.74) is 1.68. The van der Waals surface area contributed by atoms with Crippen molar-refractivity contribution in [1.82, 2.24) is 5.32 Å². The molecule has 0 bridgehead atoms. The summed E-state index contributed by atoms with van der Waals surface area (Å²) in [6.45, 7) is 2.22. The van der Waals surface area contributed by atoms with E-state index in [9.17, 15) is 9.18 Å². The predicted octanol–water partition coefficient (Wildman–Crippen LogP) is 3.74. The highest BCUT2D eigenvalue weighted by atomic mass is 79.9. The Bertz CT molecular complexity index is 737. The Balaban J connectivity index is 2.10. The van der Waals surface area contributed by atoms with Gasteiger partial charge in [0.05, 0.1) is 11.6 Å². The lowest BCUT2D eigenvalue weighted by molar-refractivity contribution is -0.139. The van der Waals surface area contributed by atoms with Crippen LogP contribution in [0.4, 0.5) is 4.39 Å². The first-order valence-corrected chi connectivity index (χ1v) is 8.40. The molecule has 0 aromatic heterocycles. The molecule has 0 saturated heterocycles.